The van der Waals surface area contributed by atoms with Gasteiger partial charge in [-0.2, -0.15) is 0 Å². The summed E-state index contributed by atoms with van der Waals surface area (Å²) in [7, 11) is 1.39. The van der Waals surface area contributed by atoms with Crippen LogP contribution in [0.15, 0.2) is 42.6 Å². The first kappa shape index (κ1) is 11.5. The molecule has 0 unspecified atom stereocenters. The maximum atomic E-state index is 11.3. The second-order valence-corrected chi connectivity index (χ2v) is 3.97. The molecule has 3 heteroatoms. The summed E-state index contributed by atoms with van der Waals surface area (Å²) in [5.74, 6) is -0.298. The van der Waals surface area contributed by atoms with Crippen molar-refractivity contribution in [2.24, 2.45) is 0 Å². The second kappa shape index (κ2) is 4.87. The number of hydrogen-bond donors (Lipinski definition) is 0. The van der Waals surface area contributed by atoms with Crippen LogP contribution < -0.4 is 0 Å². The van der Waals surface area contributed by atoms with Gasteiger partial charge in [0.15, 0.2) is 0 Å². The van der Waals surface area contributed by atoms with Crippen molar-refractivity contribution in [1.82, 2.24) is 4.57 Å². The van der Waals surface area contributed by atoms with Crippen molar-refractivity contribution in [2.45, 2.75) is 13.5 Å². The zero-order valence-corrected chi connectivity index (χ0v) is 10.0. The molecule has 1 heterocycles. The quantitative estimate of drug-likeness (QED) is 0.758. The van der Waals surface area contributed by atoms with Crippen LogP contribution in [0.5, 0.6) is 0 Å². The Morgan fingerprint density at radius 3 is 2.47 bits per heavy atom. The van der Waals surface area contributed by atoms with E-state index in [0.717, 1.165) is 12.1 Å². The van der Waals surface area contributed by atoms with Gasteiger partial charge in [0.05, 0.1) is 12.7 Å². The molecule has 0 radical (unpaired) electrons. The van der Waals surface area contributed by atoms with E-state index < -0.39 is 0 Å². The van der Waals surface area contributed by atoms with E-state index in [9.17, 15) is 4.79 Å². The van der Waals surface area contributed by atoms with Crippen molar-refractivity contribution in [3.8, 4) is 0 Å². The van der Waals surface area contributed by atoms with Gasteiger partial charge in [-0.15, -0.1) is 0 Å². The number of aryl methyl sites for hydroxylation is 1. The highest BCUT2D eigenvalue weighted by molar-refractivity contribution is 5.89. The molecule has 1 aromatic heterocycles. The first-order valence-electron chi connectivity index (χ1n) is 5.49. The number of benzene rings is 1. The van der Waals surface area contributed by atoms with Crippen LogP contribution in [-0.2, 0) is 11.3 Å². The van der Waals surface area contributed by atoms with Gasteiger partial charge in [-0.05, 0) is 36.8 Å². The van der Waals surface area contributed by atoms with Gasteiger partial charge in [0.25, 0.3) is 0 Å². The Balaban J connectivity index is 2.14. The molecule has 0 N–H and O–H groups in total. The lowest BCUT2D eigenvalue weighted by Gasteiger charge is -2.07. The monoisotopic (exact) mass is 229 g/mol. The maximum absolute atomic E-state index is 11.3. The third-order valence-corrected chi connectivity index (χ3v) is 2.78. The van der Waals surface area contributed by atoms with Crippen LogP contribution in [0, 0.1) is 6.92 Å². The first-order valence-corrected chi connectivity index (χ1v) is 5.49. The van der Waals surface area contributed by atoms with Gasteiger partial charge in [-0.3, -0.25) is 0 Å². The zero-order valence-electron chi connectivity index (χ0n) is 10.0. The predicted octanol–water partition coefficient (Wildman–Crippen LogP) is 2.63. The molecule has 0 fully saturated rings. The van der Waals surface area contributed by atoms with E-state index in [4.69, 9.17) is 0 Å². The molecule has 17 heavy (non-hydrogen) atoms. The maximum Gasteiger partial charge on any atom is 0.337 e. The summed E-state index contributed by atoms with van der Waals surface area (Å²) in [6.45, 7) is 2.89. The average Bonchev–Trinajstić information content (AvgIpc) is 2.75. The third-order valence-electron chi connectivity index (χ3n) is 2.78. The predicted molar refractivity (Wildman–Crippen MR) is 66.1 cm³/mol. The molecule has 0 atom stereocenters. The second-order valence-electron chi connectivity index (χ2n) is 3.97. The van der Waals surface area contributed by atoms with Crippen LogP contribution >= 0.6 is 0 Å². The van der Waals surface area contributed by atoms with Crippen molar-refractivity contribution in [2.75, 3.05) is 7.11 Å². The molecule has 2 aromatic rings. The van der Waals surface area contributed by atoms with Gasteiger partial charge >= 0.3 is 5.97 Å². The summed E-state index contributed by atoms with van der Waals surface area (Å²) in [4.78, 5) is 11.3. The van der Waals surface area contributed by atoms with Gasteiger partial charge in [0, 0.05) is 18.4 Å². The molecular formula is C14H15NO2. The summed E-state index contributed by atoms with van der Waals surface area (Å²) in [5.41, 5.74) is 2.97. The number of hydrogen-bond acceptors (Lipinski definition) is 2. The molecule has 0 aliphatic carbocycles. The van der Waals surface area contributed by atoms with Crippen molar-refractivity contribution < 1.29 is 9.53 Å². The van der Waals surface area contributed by atoms with Gasteiger partial charge < -0.3 is 9.30 Å². The SMILES string of the molecule is COC(=O)c1ccc(Cn2cccc2C)cc1. The highest BCUT2D eigenvalue weighted by Gasteiger charge is 2.04. The Morgan fingerprint density at radius 2 is 1.94 bits per heavy atom. The Kier molecular flexibility index (Phi) is 3.28. The molecule has 0 bridgehead atoms. The van der Waals surface area contributed by atoms with Crippen LogP contribution in [0.4, 0.5) is 0 Å². The molecule has 0 aliphatic rings. The summed E-state index contributed by atoms with van der Waals surface area (Å²) in [6, 6.07) is 11.6. The molecule has 0 saturated carbocycles. The number of esters is 1. The Bertz CT molecular complexity index is 511. The van der Waals surface area contributed by atoms with Crippen LogP contribution in [0.1, 0.15) is 21.6 Å². The molecule has 88 valence electrons. The first-order chi connectivity index (χ1) is 8.20. The summed E-state index contributed by atoms with van der Waals surface area (Å²) in [6.07, 6.45) is 2.05. The molecule has 0 saturated heterocycles. The molecule has 0 aliphatic heterocycles. The molecule has 0 amide bonds. The average molecular weight is 229 g/mol. The van der Waals surface area contributed by atoms with Crippen molar-refractivity contribution >= 4 is 5.97 Å². The van der Waals surface area contributed by atoms with E-state index in [0.29, 0.717) is 5.56 Å². The molecule has 1 aromatic carbocycles. The lowest BCUT2D eigenvalue weighted by Crippen LogP contribution is -2.03. The topological polar surface area (TPSA) is 31.2 Å². The number of nitrogens with zero attached hydrogens (tertiary/aromatic N) is 1. The van der Waals surface area contributed by atoms with Gasteiger partial charge in [0.1, 0.15) is 0 Å². The number of aromatic nitrogens is 1. The summed E-state index contributed by atoms with van der Waals surface area (Å²) < 4.78 is 6.82. The number of carbonyl (C=O) groups is 1. The fourth-order valence-electron chi connectivity index (χ4n) is 1.74. The zero-order chi connectivity index (χ0) is 12.3. The van der Waals surface area contributed by atoms with Crippen molar-refractivity contribution in [3.05, 3.63) is 59.4 Å². The molecular weight excluding hydrogens is 214 g/mol. The molecule has 0 spiro atoms. The summed E-state index contributed by atoms with van der Waals surface area (Å²) >= 11 is 0. The van der Waals surface area contributed by atoms with Crippen LogP contribution in [0.2, 0.25) is 0 Å². The highest BCUT2D eigenvalue weighted by Crippen LogP contribution is 2.09. The third kappa shape index (κ3) is 2.56. The molecule has 2 rings (SSSR count). The van der Waals surface area contributed by atoms with E-state index in [1.54, 1.807) is 12.1 Å². The smallest absolute Gasteiger partial charge is 0.337 e. The van der Waals surface area contributed by atoms with E-state index in [1.165, 1.54) is 12.8 Å². The lowest BCUT2D eigenvalue weighted by molar-refractivity contribution is 0.0600. The fraction of sp³-hybridized carbons (Fsp3) is 0.214. The highest BCUT2D eigenvalue weighted by atomic mass is 16.5. The molecule has 3 nitrogen and oxygen atoms in total. The number of methoxy groups -OCH3 is 1. The summed E-state index contributed by atoms with van der Waals surface area (Å²) in [5, 5.41) is 0. The van der Waals surface area contributed by atoms with Gasteiger partial charge in [-0.1, -0.05) is 12.1 Å². The van der Waals surface area contributed by atoms with Crippen LogP contribution in [-0.4, -0.2) is 17.6 Å². The standard InChI is InChI=1S/C14H15NO2/c1-11-4-3-9-15(11)10-12-5-7-13(8-6-12)14(16)17-2/h3-9H,10H2,1-2H3. The fourth-order valence-corrected chi connectivity index (χ4v) is 1.74. The number of ether oxygens (including phenoxy) is 1. The van der Waals surface area contributed by atoms with Gasteiger partial charge in [0.2, 0.25) is 0 Å². The van der Waals surface area contributed by atoms with E-state index in [1.807, 2.05) is 24.4 Å². The van der Waals surface area contributed by atoms with Crippen molar-refractivity contribution in [3.63, 3.8) is 0 Å². The Hall–Kier alpha value is -2.03. The number of rotatable bonds is 3. The lowest BCUT2D eigenvalue weighted by atomic mass is 10.1. The van der Waals surface area contributed by atoms with Crippen LogP contribution in [0.25, 0.3) is 0 Å². The normalized spacial score (nSPS) is 10.2. The number of carbonyl (C=O) groups excluding carboxylic acids is 1. The minimum atomic E-state index is -0.298. The minimum absolute atomic E-state index is 0.298. The van der Waals surface area contributed by atoms with Crippen LogP contribution in [0.3, 0.4) is 0 Å². The van der Waals surface area contributed by atoms with E-state index >= 15 is 0 Å². The Labute approximate surface area is 101 Å². The van der Waals surface area contributed by atoms with Gasteiger partial charge in [-0.25, -0.2) is 4.79 Å². The van der Waals surface area contributed by atoms with Crippen molar-refractivity contribution in [1.29, 1.82) is 0 Å². The largest absolute Gasteiger partial charge is 0.465 e. The van der Waals surface area contributed by atoms with E-state index in [2.05, 4.69) is 22.3 Å². The van der Waals surface area contributed by atoms with E-state index in [-0.39, 0.29) is 5.97 Å². The minimum Gasteiger partial charge on any atom is -0.465 e. The Morgan fingerprint density at radius 1 is 1.24 bits per heavy atom.